The van der Waals surface area contributed by atoms with Crippen molar-refractivity contribution in [3.63, 3.8) is 0 Å². The SMILES string of the molecule is Cn1ccc(C#CC(N)=O)c1. The number of carbonyl (C=O) groups excluding carboxylic acids is 1. The second-order valence-corrected chi connectivity index (χ2v) is 2.18. The molecule has 0 radical (unpaired) electrons. The number of hydrogen-bond acceptors (Lipinski definition) is 1. The minimum absolute atomic E-state index is 0.603. The van der Waals surface area contributed by atoms with Crippen molar-refractivity contribution in [1.82, 2.24) is 4.57 Å². The quantitative estimate of drug-likeness (QED) is 0.511. The average Bonchev–Trinajstić information content (AvgIpc) is 2.31. The first-order chi connectivity index (χ1) is 5.18. The zero-order valence-corrected chi connectivity index (χ0v) is 6.16. The van der Waals surface area contributed by atoms with Crippen LogP contribution in [-0.4, -0.2) is 10.5 Å². The van der Waals surface area contributed by atoms with Gasteiger partial charge < -0.3 is 10.3 Å². The van der Waals surface area contributed by atoms with Crippen molar-refractivity contribution in [2.24, 2.45) is 12.8 Å². The molecule has 0 aliphatic carbocycles. The number of carbonyl (C=O) groups is 1. The monoisotopic (exact) mass is 148 g/mol. The van der Waals surface area contributed by atoms with Gasteiger partial charge in [-0.25, -0.2) is 0 Å². The highest BCUT2D eigenvalue weighted by Gasteiger charge is 1.87. The van der Waals surface area contributed by atoms with Gasteiger partial charge >= 0.3 is 0 Å². The zero-order valence-electron chi connectivity index (χ0n) is 6.16. The average molecular weight is 148 g/mol. The molecule has 0 fully saturated rings. The normalized spacial score (nSPS) is 8.45. The summed E-state index contributed by atoms with van der Waals surface area (Å²) in [5.74, 6) is 4.27. The van der Waals surface area contributed by atoms with E-state index in [0.29, 0.717) is 0 Å². The van der Waals surface area contributed by atoms with E-state index in [1.807, 2.05) is 30.1 Å². The minimum atomic E-state index is -0.603. The molecule has 1 aromatic heterocycles. The summed E-state index contributed by atoms with van der Waals surface area (Å²) < 4.78 is 1.85. The fraction of sp³-hybridized carbons (Fsp3) is 0.125. The third kappa shape index (κ3) is 2.18. The first kappa shape index (κ1) is 7.42. The molecule has 0 spiro atoms. The standard InChI is InChI=1S/C8H8N2O/c1-10-5-4-7(6-10)2-3-8(9)11/h4-6H,1H3,(H2,9,11). The lowest BCUT2D eigenvalue weighted by Crippen LogP contribution is -2.05. The Morgan fingerprint density at radius 2 is 2.45 bits per heavy atom. The number of aromatic nitrogens is 1. The van der Waals surface area contributed by atoms with Crippen molar-refractivity contribution in [2.45, 2.75) is 0 Å². The topological polar surface area (TPSA) is 48.0 Å². The van der Waals surface area contributed by atoms with E-state index in [1.165, 1.54) is 0 Å². The Balaban J connectivity index is 2.82. The maximum absolute atomic E-state index is 10.2. The summed E-state index contributed by atoms with van der Waals surface area (Å²) in [7, 11) is 1.88. The summed E-state index contributed by atoms with van der Waals surface area (Å²) in [6, 6.07) is 1.82. The Morgan fingerprint density at radius 1 is 1.73 bits per heavy atom. The van der Waals surface area contributed by atoms with Crippen molar-refractivity contribution >= 4 is 5.91 Å². The van der Waals surface area contributed by atoms with Crippen LogP contribution in [0, 0.1) is 11.8 Å². The summed E-state index contributed by atoms with van der Waals surface area (Å²) in [5.41, 5.74) is 5.63. The van der Waals surface area contributed by atoms with Crippen molar-refractivity contribution < 1.29 is 4.79 Å². The van der Waals surface area contributed by atoms with E-state index in [0.717, 1.165) is 5.56 Å². The van der Waals surface area contributed by atoms with Gasteiger partial charge in [-0.3, -0.25) is 4.79 Å². The van der Waals surface area contributed by atoms with Crippen LogP contribution in [0.2, 0.25) is 0 Å². The molecular weight excluding hydrogens is 140 g/mol. The highest BCUT2D eigenvalue weighted by atomic mass is 16.1. The molecule has 0 atom stereocenters. The molecule has 0 aromatic carbocycles. The minimum Gasteiger partial charge on any atom is -0.359 e. The summed E-state index contributed by atoms with van der Waals surface area (Å²) in [6.07, 6.45) is 3.67. The predicted molar refractivity (Wildman–Crippen MR) is 41.5 cm³/mol. The van der Waals surface area contributed by atoms with E-state index in [1.54, 1.807) is 0 Å². The lowest BCUT2D eigenvalue weighted by atomic mass is 10.3. The second kappa shape index (κ2) is 2.93. The van der Waals surface area contributed by atoms with Crippen LogP contribution >= 0.6 is 0 Å². The third-order valence-corrected chi connectivity index (χ3v) is 1.16. The Morgan fingerprint density at radius 3 is 2.91 bits per heavy atom. The van der Waals surface area contributed by atoms with Gasteiger partial charge in [0.05, 0.1) is 0 Å². The number of rotatable bonds is 0. The molecule has 11 heavy (non-hydrogen) atoms. The van der Waals surface area contributed by atoms with Crippen LogP contribution in [-0.2, 0) is 11.8 Å². The smallest absolute Gasteiger partial charge is 0.293 e. The molecule has 0 bridgehead atoms. The lowest BCUT2D eigenvalue weighted by Gasteiger charge is -1.81. The summed E-state index contributed by atoms with van der Waals surface area (Å²) >= 11 is 0. The number of hydrogen-bond donors (Lipinski definition) is 1. The van der Waals surface area contributed by atoms with Crippen LogP contribution < -0.4 is 5.73 Å². The second-order valence-electron chi connectivity index (χ2n) is 2.18. The van der Waals surface area contributed by atoms with Crippen LogP contribution in [0.25, 0.3) is 0 Å². The van der Waals surface area contributed by atoms with E-state index in [-0.39, 0.29) is 0 Å². The van der Waals surface area contributed by atoms with Crippen molar-refractivity contribution in [1.29, 1.82) is 0 Å². The van der Waals surface area contributed by atoms with Crippen molar-refractivity contribution in [3.05, 3.63) is 24.0 Å². The number of nitrogens with two attached hydrogens (primary N) is 1. The molecule has 1 rings (SSSR count). The van der Waals surface area contributed by atoms with Crippen LogP contribution in [0.15, 0.2) is 18.5 Å². The summed E-state index contributed by atoms with van der Waals surface area (Å²) in [4.78, 5) is 10.2. The Kier molecular flexibility index (Phi) is 1.98. The lowest BCUT2D eigenvalue weighted by molar-refractivity contribution is -0.112. The predicted octanol–water partition coefficient (Wildman–Crippen LogP) is -0.138. The molecular formula is C8H8N2O. The van der Waals surface area contributed by atoms with Gasteiger partial charge in [0, 0.05) is 30.9 Å². The van der Waals surface area contributed by atoms with Gasteiger partial charge in [0.25, 0.3) is 5.91 Å². The van der Waals surface area contributed by atoms with Crippen LogP contribution in [0.3, 0.4) is 0 Å². The number of amides is 1. The van der Waals surface area contributed by atoms with E-state index in [2.05, 4.69) is 11.8 Å². The van der Waals surface area contributed by atoms with Crippen molar-refractivity contribution in [3.8, 4) is 11.8 Å². The Bertz CT molecular complexity index is 327. The van der Waals surface area contributed by atoms with Gasteiger partial charge in [-0.15, -0.1) is 0 Å². The first-order valence-corrected chi connectivity index (χ1v) is 3.12. The van der Waals surface area contributed by atoms with E-state index < -0.39 is 5.91 Å². The summed E-state index contributed by atoms with van der Waals surface area (Å²) in [5, 5.41) is 0. The molecule has 2 N–H and O–H groups in total. The van der Waals surface area contributed by atoms with Crippen LogP contribution in [0.1, 0.15) is 5.56 Å². The highest BCUT2D eigenvalue weighted by molar-refractivity contribution is 5.92. The maximum Gasteiger partial charge on any atom is 0.293 e. The molecule has 3 nitrogen and oxygen atoms in total. The molecule has 0 unspecified atom stereocenters. The number of nitrogens with zero attached hydrogens (tertiary/aromatic N) is 1. The van der Waals surface area contributed by atoms with Gasteiger partial charge in [-0.2, -0.15) is 0 Å². The largest absolute Gasteiger partial charge is 0.359 e. The molecule has 1 aromatic rings. The van der Waals surface area contributed by atoms with Gasteiger partial charge in [0.15, 0.2) is 0 Å². The number of primary amides is 1. The Labute approximate surface area is 64.8 Å². The summed E-state index contributed by atoms with van der Waals surface area (Å²) in [6.45, 7) is 0. The highest BCUT2D eigenvalue weighted by Crippen LogP contribution is 1.95. The molecule has 3 heteroatoms. The molecule has 1 heterocycles. The van der Waals surface area contributed by atoms with Gasteiger partial charge in [-0.05, 0) is 6.07 Å². The molecule has 1 amide bonds. The molecule has 0 aliphatic heterocycles. The molecule has 0 saturated heterocycles. The van der Waals surface area contributed by atoms with Crippen molar-refractivity contribution in [2.75, 3.05) is 0 Å². The van der Waals surface area contributed by atoms with E-state index in [9.17, 15) is 4.79 Å². The fourth-order valence-electron chi connectivity index (χ4n) is 0.711. The molecule has 56 valence electrons. The molecule has 0 aliphatic rings. The van der Waals surface area contributed by atoms with Crippen LogP contribution in [0.4, 0.5) is 0 Å². The number of aryl methyl sites for hydroxylation is 1. The van der Waals surface area contributed by atoms with Crippen LogP contribution in [0.5, 0.6) is 0 Å². The van der Waals surface area contributed by atoms with Gasteiger partial charge in [0.2, 0.25) is 0 Å². The fourth-order valence-corrected chi connectivity index (χ4v) is 0.711. The van der Waals surface area contributed by atoms with Gasteiger partial charge in [0.1, 0.15) is 0 Å². The Hall–Kier alpha value is -1.69. The zero-order chi connectivity index (χ0) is 8.27. The maximum atomic E-state index is 10.2. The van der Waals surface area contributed by atoms with E-state index in [4.69, 9.17) is 5.73 Å². The van der Waals surface area contributed by atoms with E-state index >= 15 is 0 Å². The molecule has 0 saturated carbocycles. The first-order valence-electron chi connectivity index (χ1n) is 3.12. The third-order valence-electron chi connectivity index (χ3n) is 1.16. The van der Waals surface area contributed by atoms with Gasteiger partial charge in [-0.1, -0.05) is 5.92 Å².